The van der Waals surface area contributed by atoms with Gasteiger partial charge in [0.25, 0.3) is 0 Å². The van der Waals surface area contributed by atoms with Crippen molar-refractivity contribution in [2.75, 3.05) is 0 Å². The Hall–Kier alpha value is -1.59. The summed E-state index contributed by atoms with van der Waals surface area (Å²) < 4.78 is 7.19. The van der Waals surface area contributed by atoms with Crippen LogP contribution in [0.15, 0.2) is 18.3 Å². The fraction of sp³-hybridized carbons (Fsp3) is 0.429. The van der Waals surface area contributed by atoms with Gasteiger partial charge < -0.3 is 14.4 Å². The third-order valence-corrected chi connectivity index (χ3v) is 3.17. The minimum Gasteiger partial charge on any atom is -0.458 e. The van der Waals surface area contributed by atoms with Gasteiger partial charge in [-0.05, 0) is 26.0 Å². The number of aromatic nitrogens is 2. The second-order valence-electron chi connectivity index (χ2n) is 5.30. The fourth-order valence-electron chi connectivity index (χ4n) is 2.31. The van der Waals surface area contributed by atoms with E-state index in [0.717, 1.165) is 16.6 Å². The van der Waals surface area contributed by atoms with E-state index in [9.17, 15) is 9.90 Å². The lowest BCUT2D eigenvalue weighted by atomic mass is 10.1. The molecular weight excluding hydrogens is 280 g/mol. The van der Waals surface area contributed by atoms with E-state index in [1.54, 1.807) is 12.3 Å². The van der Waals surface area contributed by atoms with Gasteiger partial charge in [0.05, 0.1) is 18.7 Å². The first kappa shape index (κ1) is 14.8. The monoisotopic (exact) mass is 296 g/mol. The molecule has 0 bridgehead atoms. The zero-order valence-corrected chi connectivity index (χ0v) is 12.4. The maximum atomic E-state index is 11.1. The number of pyridine rings is 1. The van der Waals surface area contributed by atoms with Gasteiger partial charge in [-0.2, -0.15) is 0 Å². The number of carbonyl (C=O) groups is 1. The van der Waals surface area contributed by atoms with Crippen molar-refractivity contribution in [2.45, 2.75) is 39.5 Å². The molecule has 2 aromatic rings. The Kier molecular flexibility index (Phi) is 4.01. The second kappa shape index (κ2) is 5.42. The molecule has 0 saturated carbocycles. The Morgan fingerprint density at radius 1 is 1.50 bits per heavy atom. The lowest BCUT2D eigenvalue weighted by molar-refractivity contribution is -0.154. The standard InChI is InChI=1S/C14H17ClN2O3/c1-9(19)20-14(2,3)8-17-11(7-18)4-10-6-16-13(15)5-12(10)17/h4-6,18H,7-8H2,1-3H3. The van der Waals surface area contributed by atoms with Gasteiger partial charge >= 0.3 is 5.97 Å². The van der Waals surface area contributed by atoms with Gasteiger partial charge in [-0.1, -0.05) is 11.6 Å². The zero-order chi connectivity index (χ0) is 14.9. The largest absolute Gasteiger partial charge is 0.458 e. The molecule has 0 aromatic carbocycles. The highest BCUT2D eigenvalue weighted by Crippen LogP contribution is 2.25. The van der Waals surface area contributed by atoms with Crippen LogP contribution in [-0.4, -0.2) is 26.2 Å². The summed E-state index contributed by atoms with van der Waals surface area (Å²) in [5.41, 5.74) is 0.899. The molecule has 6 heteroatoms. The van der Waals surface area contributed by atoms with Gasteiger partial charge in [0.15, 0.2) is 0 Å². The lowest BCUT2D eigenvalue weighted by Crippen LogP contribution is -2.33. The number of esters is 1. The van der Waals surface area contributed by atoms with Gasteiger partial charge in [0.1, 0.15) is 10.8 Å². The molecule has 0 atom stereocenters. The summed E-state index contributed by atoms with van der Waals surface area (Å²) >= 11 is 5.93. The molecule has 0 aliphatic carbocycles. The lowest BCUT2D eigenvalue weighted by Gasteiger charge is -2.26. The van der Waals surface area contributed by atoms with Gasteiger partial charge in [0, 0.05) is 24.2 Å². The first-order valence-corrected chi connectivity index (χ1v) is 6.64. The van der Waals surface area contributed by atoms with Crippen molar-refractivity contribution in [3.05, 3.63) is 29.2 Å². The summed E-state index contributed by atoms with van der Waals surface area (Å²) in [6.45, 7) is 5.34. The highest BCUT2D eigenvalue weighted by molar-refractivity contribution is 6.30. The van der Waals surface area contributed by atoms with E-state index < -0.39 is 5.60 Å². The molecule has 2 aromatic heterocycles. The van der Waals surface area contributed by atoms with Crippen molar-refractivity contribution >= 4 is 28.5 Å². The highest BCUT2D eigenvalue weighted by atomic mass is 35.5. The van der Waals surface area contributed by atoms with Crippen molar-refractivity contribution in [3.8, 4) is 0 Å². The van der Waals surface area contributed by atoms with Crippen LogP contribution in [0.4, 0.5) is 0 Å². The van der Waals surface area contributed by atoms with Crippen LogP contribution in [0.2, 0.25) is 5.15 Å². The van der Waals surface area contributed by atoms with Crippen molar-refractivity contribution in [2.24, 2.45) is 0 Å². The minimum atomic E-state index is -0.683. The number of hydrogen-bond acceptors (Lipinski definition) is 4. The Bertz CT molecular complexity index is 649. The van der Waals surface area contributed by atoms with Crippen molar-refractivity contribution < 1.29 is 14.6 Å². The van der Waals surface area contributed by atoms with Gasteiger partial charge in [-0.15, -0.1) is 0 Å². The molecule has 0 aliphatic rings. The van der Waals surface area contributed by atoms with Gasteiger partial charge in [0.2, 0.25) is 0 Å². The molecule has 0 unspecified atom stereocenters. The number of carbonyl (C=O) groups excluding carboxylic acids is 1. The van der Waals surface area contributed by atoms with Crippen molar-refractivity contribution in [1.82, 2.24) is 9.55 Å². The maximum Gasteiger partial charge on any atom is 0.303 e. The first-order chi connectivity index (χ1) is 9.32. The summed E-state index contributed by atoms with van der Waals surface area (Å²) in [6, 6.07) is 3.59. The van der Waals surface area contributed by atoms with Gasteiger partial charge in [-0.25, -0.2) is 4.98 Å². The van der Waals surface area contributed by atoms with Crippen LogP contribution in [0.3, 0.4) is 0 Å². The third kappa shape index (κ3) is 3.11. The van der Waals surface area contributed by atoms with E-state index in [0.29, 0.717) is 11.7 Å². The number of aliphatic hydroxyl groups is 1. The first-order valence-electron chi connectivity index (χ1n) is 6.26. The Balaban J connectivity index is 2.46. The molecule has 0 aliphatic heterocycles. The SMILES string of the molecule is CC(=O)OC(C)(C)Cn1c(CO)cc2cnc(Cl)cc21. The molecule has 0 fully saturated rings. The van der Waals surface area contributed by atoms with Crippen LogP contribution in [0.25, 0.3) is 10.9 Å². The number of ether oxygens (including phenoxy) is 1. The van der Waals surface area contributed by atoms with Crippen LogP contribution < -0.4 is 0 Å². The molecule has 5 nitrogen and oxygen atoms in total. The van der Waals surface area contributed by atoms with Crippen LogP contribution in [-0.2, 0) is 22.7 Å². The molecule has 20 heavy (non-hydrogen) atoms. The quantitative estimate of drug-likeness (QED) is 0.695. The normalized spacial score (nSPS) is 11.8. The molecular formula is C14H17ClN2O3. The average molecular weight is 297 g/mol. The van der Waals surface area contributed by atoms with Crippen LogP contribution in [0, 0.1) is 0 Å². The smallest absolute Gasteiger partial charge is 0.303 e. The molecule has 1 N–H and O–H groups in total. The highest BCUT2D eigenvalue weighted by Gasteiger charge is 2.24. The number of hydrogen-bond donors (Lipinski definition) is 1. The average Bonchev–Trinajstić information content (AvgIpc) is 2.65. The molecule has 0 spiro atoms. The minimum absolute atomic E-state index is 0.109. The molecule has 2 heterocycles. The molecule has 2 rings (SSSR count). The predicted octanol–water partition coefficient (Wildman–Crippen LogP) is 2.52. The molecule has 0 saturated heterocycles. The molecule has 0 amide bonds. The van der Waals surface area contributed by atoms with Crippen molar-refractivity contribution in [3.63, 3.8) is 0 Å². The van der Waals surface area contributed by atoms with Crippen LogP contribution in [0.5, 0.6) is 0 Å². The fourth-order valence-corrected chi connectivity index (χ4v) is 2.46. The third-order valence-electron chi connectivity index (χ3n) is 2.96. The van der Waals surface area contributed by atoms with E-state index in [1.807, 2.05) is 24.5 Å². The van der Waals surface area contributed by atoms with Crippen LogP contribution in [0.1, 0.15) is 26.5 Å². The topological polar surface area (TPSA) is 64.3 Å². The second-order valence-corrected chi connectivity index (χ2v) is 5.69. The number of nitrogens with zero attached hydrogens (tertiary/aromatic N) is 2. The summed E-state index contributed by atoms with van der Waals surface area (Å²) in [4.78, 5) is 15.2. The number of aliphatic hydroxyl groups excluding tert-OH is 1. The maximum absolute atomic E-state index is 11.1. The Morgan fingerprint density at radius 3 is 2.80 bits per heavy atom. The van der Waals surface area contributed by atoms with E-state index in [2.05, 4.69) is 4.98 Å². The van der Waals surface area contributed by atoms with Crippen LogP contribution >= 0.6 is 11.6 Å². The summed E-state index contributed by atoms with van der Waals surface area (Å²) in [6.07, 6.45) is 1.66. The zero-order valence-electron chi connectivity index (χ0n) is 11.7. The predicted molar refractivity (Wildman–Crippen MR) is 76.5 cm³/mol. The number of fused-ring (bicyclic) bond motifs is 1. The summed E-state index contributed by atoms with van der Waals surface area (Å²) in [5.74, 6) is -0.336. The number of rotatable bonds is 4. The molecule has 108 valence electrons. The summed E-state index contributed by atoms with van der Waals surface area (Å²) in [5, 5.41) is 10.8. The van der Waals surface area contributed by atoms with Gasteiger partial charge in [-0.3, -0.25) is 4.79 Å². The summed E-state index contributed by atoms with van der Waals surface area (Å²) in [7, 11) is 0. The van der Waals surface area contributed by atoms with E-state index in [4.69, 9.17) is 16.3 Å². The van der Waals surface area contributed by atoms with E-state index in [1.165, 1.54) is 6.92 Å². The van der Waals surface area contributed by atoms with E-state index >= 15 is 0 Å². The Labute approximate surface area is 122 Å². The Morgan fingerprint density at radius 2 is 2.20 bits per heavy atom. The van der Waals surface area contributed by atoms with Crippen molar-refractivity contribution in [1.29, 1.82) is 0 Å². The van der Waals surface area contributed by atoms with E-state index in [-0.39, 0.29) is 12.6 Å². The number of halogens is 1. The molecule has 0 radical (unpaired) electrons.